The summed E-state index contributed by atoms with van der Waals surface area (Å²) in [4.78, 5) is 26.3. The van der Waals surface area contributed by atoms with E-state index in [2.05, 4.69) is 50.6 Å². The molecular weight excluding hydrogens is 602 g/mol. The number of hydrogen-bond acceptors (Lipinski definition) is 12. The fourth-order valence-electron chi connectivity index (χ4n) is 3.02. The Kier molecular flexibility index (Phi) is 7.64. The van der Waals surface area contributed by atoms with E-state index in [-0.39, 0.29) is 46.8 Å². The van der Waals surface area contributed by atoms with Crippen LogP contribution >= 0.6 is 38.6 Å². The predicted octanol–water partition coefficient (Wildman–Crippen LogP) is 4.53. The molecule has 0 unspecified atom stereocenters. The number of thiophene rings is 2. The van der Waals surface area contributed by atoms with Crippen molar-refractivity contribution in [3.63, 3.8) is 0 Å². The molecule has 0 aromatic carbocycles. The second-order valence-corrected chi connectivity index (χ2v) is 11.8. The van der Waals surface area contributed by atoms with Gasteiger partial charge >= 0.3 is 6.01 Å². The monoisotopic (exact) mass is 617 g/mol. The van der Waals surface area contributed by atoms with Crippen LogP contribution in [-0.4, -0.2) is 51.5 Å². The third-order valence-corrected chi connectivity index (χ3v) is 8.58. The molecule has 5 heterocycles. The molecule has 0 saturated carbocycles. The highest BCUT2D eigenvalue weighted by Gasteiger charge is 2.25. The summed E-state index contributed by atoms with van der Waals surface area (Å²) < 4.78 is 41.2. The molecular formula is C22H16BrN7O4S3. The van der Waals surface area contributed by atoms with Gasteiger partial charge in [-0.1, -0.05) is 12.1 Å². The molecule has 0 fully saturated rings. The van der Waals surface area contributed by atoms with Gasteiger partial charge in [0.2, 0.25) is 11.7 Å². The summed E-state index contributed by atoms with van der Waals surface area (Å²) in [7, 11) is -3.92. The molecule has 0 aliphatic heterocycles. The van der Waals surface area contributed by atoms with Gasteiger partial charge in [0.05, 0.1) is 10.0 Å². The molecule has 0 radical (unpaired) electrons. The van der Waals surface area contributed by atoms with E-state index in [9.17, 15) is 8.42 Å². The van der Waals surface area contributed by atoms with Crippen LogP contribution in [0.3, 0.4) is 0 Å². The van der Waals surface area contributed by atoms with Crippen LogP contribution in [0.15, 0.2) is 74.6 Å². The van der Waals surface area contributed by atoms with Gasteiger partial charge in [-0.25, -0.2) is 33.3 Å². The predicted molar refractivity (Wildman–Crippen MR) is 142 cm³/mol. The number of halogens is 1. The normalized spacial score (nSPS) is 11.3. The first-order chi connectivity index (χ1) is 18.0. The van der Waals surface area contributed by atoms with Gasteiger partial charge in [0.15, 0.2) is 11.6 Å². The van der Waals surface area contributed by atoms with E-state index in [4.69, 9.17) is 9.47 Å². The third-order valence-electron chi connectivity index (χ3n) is 4.55. The molecule has 0 aliphatic rings. The molecule has 188 valence electrons. The van der Waals surface area contributed by atoms with Gasteiger partial charge in [-0.3, -0.25) is 4.72 Å². The van der Waals surface area contributed by atoms with Gasteiger partial charge in [0.25, 0.3) is 10.0 Å². The van der Waals surface area contributed by atoms with Gasteiger partial charge in [-0.05, 0) is 44.9 Å². The average molecular weight is 619 g/mol. The van der Waals surface area contributed by atoms with E-state index < -0.39 is 10.0 Å². The summed E-state index contributed by atoms with van der Waals surface area (Å²) in [5, 5.41) is 3.54. The van der Waals surface area contributed by atoms with E-state index in [0.29, 0.717) is 10.4 Å². The van der Waals surface area contributed by atoms with Crippen molar-refractivity contribution in [3.05, 3.63) is 70.4 Å². The van der Waals surface area contributed by atoms with Gasteiger partial charge in [0.1, 0.15) is 17.4 Å². The first-order valence-electron chi connectivity index (χ1n) is 10.5. The lowest BCUT2D eigenvalue weighted by Gasteiger charge is -2.16. The van der Waals surface area contributed by atoms with Crippen molar-refractivity contribution in [2.24, 2.45) is 0 Å². The fourth-order valence-corrected chi connectivity index (χ4v) is 5.99. The molecule has 0 amide bonds. The lowest BCUT2D eigenvalue weighted by molar-refractivity contribution is 0.202. The van der Waals surface area contributed by atoms with Crippen molar-refractivity contribution in [2.75, 3.05) is 17.9 Å². The Labute approximate surface area is 227 Å². The van der Waals surface area contributed by atoms with E-state index in [0.717, 1.165) is 15.8 Å². The zero-order valence-corrected chi connectivity index (χ0v) is 22.7. The minimum atomic E-state index is -3.92. The van der Waals surface area contributed by atoms with Crippen LogP contribution in [-0.2, 0) is 10.0 Å². The second-order valence-electron chi connectivity index (χ2n) is 7.04. The number of ether oxygens (including phenoxy) is 2. The van der Waals surface area contributed by atoms with Crippen LogP contribution in [0.1, 0.15) is 0 Å². The zero-order chi connectivity index (χ0) is 25.7. The van der Waals surface area contributed by atoms with Crippen LogP contribution in [0.2, 0.25) is 0 Å². The average Bonchev–Trinajstić information content (AvgIpc) is 3.63. The van der Waals surface area contributed by atoms with Crippen LogP contribution < -0.4 is 14.2 Å². The highest BCUT2D eigenvalue weighted by Crippen LogP contribution is 2.39. The summed E-state index contributed by atoms with van der Waals surface area (Å²) >= 11 is 5.76. The van der Waals surface area contributed by atoms with Crippen LogP contribution in [0.5, 0.6) is 11.9 Å². The maximum Gasteiger partial charge on any atom is 0.316 e. The highest BCUT2D eigenvalue weighted by molar-refractivity contribution is 9.10. The summed E-state index contributed by atoms with van der Waals surface area (Å²) in [5.41, 5.74) is 0.384. The lowest BCUT2D eigenvalue weighted by Crippen LogP contribution is -2.16. The Morgan fingerprint density at radius 2 is 1.59 bits per heavy atom. The molecule has 0 aliphatic carbocycles. The summed E-state index contributed by atoms with van der Waals surface area (Å²) in [6, 6.07) is 8.68. The Morgan fingerprint density at radius 3 is 2.30 bits per heavy atom. The molecule has 0 atom stereocenters. The molecule has 1 N–H and O–H groups in total. The van der Waals surface area contributed by atoms with Crippen molar-refractivity contribution in [3.8, 4) is 34.0 Å². The maximum atomic E-state index is 13.1. The Balaban J connectivity index is 1.51. The van der Waals surface area contributed by atoms with Crippen molar-refractivity contribution in [1.29, 1.82) is 0 Å². The maximum absolute atomic E-state index is 13.1. The van der Waals surface area contributed by atoms with E-state index in [1.165, 1.54) is 17.4 Å². The van der Waals surface area contributed by atoms with Crippen molar-refractivity contribution in [1.82, 2.24) is 29.9 Å². The fraction of sp³-hybridized carbons (Fsp3) is 0.0909. The lowest BCUT2D eigenvalue weighted by atomic mass is 10.2. The number of nitrogens with zero attached hydrogens (tertiary/aromatic N) is 6. The van der Waals surface area contributed by atoms with Gasteiger partial charge in [-0.15, -0.1) is 22.7 Å². The van der Waals surface area contributed by atoms with E-state index in [1.807, 2.05) is 17.5 Å². The molecule has 5 rings (SSSR count). The van der Waals surface area contributed by atoms with Gasteiger partial charge < -0.3 is 9.47 Å². The number of rotatable bonds is 10. The van der Waals surface area contributed by atoms with Crippen LogP contribution in [0.25, 0.3) is 22.1 Å². The number of aromatic nitrogens is 6. The van der Waals surface area contributed by atoms with Crippen LogP contribution in [0.4, 0.5) is 5.82 Å². The molecule has 5 aromatic rings. The van der Waals surface area contributed by atoms with E-state index >= 15 is 0 Å². The molecule has 37 heavy (non-hydrogen) atoms. The van der Waals surface area contributed by atoms with E-state index in [1.54, 1.807) is 42.3 Å². The number of anilines is 1. The second kappa shape index (κ2) is 11.2. The Morgan fingerprint density at radius 1 is 0.865 bits per heavy atom. The smallest absolute Gasteiger partial charge is 0.316 e. The highest BCUT2D eigenvalue weighted by atomic mass is 79.9. The Hall–Kier alpha value is -3.53. The quantitative estimate of drug-likeness (QED) is 0.222. The first-order valence-corrected chi connectivity index (χ1v) is 14.6. The minimum absolute atomic E-state index is 0.0421. The Bertz CT molecular complexity index is 1570. The van der Waals surface area contributed by atoms with Crippen molar-refractivity contribution < 1.29 is 17.9 Å². The molecule has 0 saturated heterocycles. The summed E-state index contributed by atoms with van der Waals surface area (Å²) in [6.07, 6.45) is 6.23. The molecule has 11 nitrogen and oxygen atoms in total. The molecule has 5 aromatic heterocycles. The van der Waals surface area contributed by atoms with Gasteiger partial charge in [0, 0.05) is 29.7 Å². The summed E-state index contributed by atoms with van der Waals surface area (Å²) in [5.74, 6) is 0.489. The van der Waals surface area contributed by atoms with Crippen molar-refractivity contribution >= 4 is 54.4 Å². The molecule has 0 bridgehead atoms. The minimum Gasteiger partial charge on any atom is -0.473 e. The van der Waals surface area contributed by atoms with Crippen LogP contribution in [0, 0.1) is 0 Å². The SMILES string of the molecule is O=S(=O)(Nc1nc(-c2ncccn2)nc(OCCOc2ncc(Br)cn2)c1-c1cccs1)c1cccs1. The molecule has 15 heteroatoms. The van der Waals surface area contributed by atoms with Gasteiger partial charge in [-0.2, -0.15) is 4.98 Å². The first kappa shape index (κ1) is 25.1. The third kappa shape index (κ3) is 6.07. The number of hydrogen-bond donors (Lipinski definition) is 1. The number of nitrogens with one attached hydrogen (secondary N) is 1. The summed E-state index contributed by atoms with van der Waals surface area (Å²) in [6.45, 7) is 0.184. The largest absolute Gasteiger partial charge is 0.473 e. The molecule has 0 spiro atoms. The number of sulfonamides is 1. The topological polar surface area (TPSA) is 142 Å². The zero-order valence-electron chi connectivity index (χ0n) is 18.7. The standard InChI is InChI=1S/C22H16BrN7O4S3/c23-14-12-26-22(27-13-14)34-9-8-33-21-17(15-4-1-10-35-15)18(30-37(31,32)16-5-2-11-36-16)28-20(29-21)19-24-6-3-7-25-19/h1-7,10-13H,8-9H2,(H,28,29,30). The van der Waals surface area contributed by atoms with Crippen molar-refractivity contribution in [2.45, 2.75) is 4.21 Å².